The van der Waals surface area contributed by atoms with Crippen molar-refractivity contribution in [3.8, 4) is 0 Å². The first-order chi connectivity index (χ1) is 16.5. The van der Waals surface area contributed by atoms with Crippen molar-refractivity contribution >= 4 is 39.5 Å². The fourth-order valence-electron chi connectivity index (χ4n) is 3.57. The summed E-state index contributed by atoms with van der Waals surface area (Å²) in [7, 11) is 0. The van der Waals surface area contributed by atoms with E-state index in [0.29, 0.717) is 13.0 Å². The molecular weight excluding hydrogens is 508 g/mol. The minimum absolute atomic E-state index is 0.0345. The first-order valence-corrected chi connectivity index (χ1v) is 13.3. The zero-order valence-corrected chi connectivity index (χ0v) is 22.0. The van der Waals surface area contributed by atoms with Crippen molar-refractivity contribution in [1.29, 1.82) is 0 Å². The van der Waals surface area contributed by atoms with E-state index >= 15 is 0 Å². The largest absolute Gasteiger partial charge is 0.352 e. The van der Waals surface area contributed by atoms with Gasteiger partial charge in [0.2, 0.25) is 11.8 Å². The number of carbonyl (C=O) groups is 2. The smallest absolute Gasteiger partial charge is 0.243 e. The van der Waals surface area contributed by atoms with Gasteiger partial charge in [-0.05, 0) is 48.7 Å². The molecule has 3 aromatic rings. The Hall–Kier alpha value is -2.57. The molecule has 0 heterocycles. The average Bonchev–Trinajstić information content (AvgIpc) is 2.85. The highest BCUT2D eigenvalue weighted by molar-refractivity contribution is 9.10. The summed E-state index contributed by atoms with van der Waals surface area (Å²) in [5.41, 5.74) is 2.00. The van der Waals surface area contributed by atoms with Gasteiger partial charge in [-0.2, -0.15) is 0 Å². The topological polar surface area (TPSA) is 49.4 Å². The lowest BCUT2D eigenvalue weighted by Gasteiger charge is -2.32. The van der Waals surface area contributed by atoms with E-state index in [0.717, 1.165) is 26.9 Å². The van der Waals surface area contributed by atoms with Crippen molar-refractivity contribution in [2.45, 2.75) is 50.2 Å². The van der Waals surface area contributed by atoms with E-state index < -0.39 is 6.04 Å². The molecule has 2 atom stereocenters. The van der Waals surface area contributed by atoms with E-state index in [1.165, 1.54) is 11.8 Å². The van der Waals surface area contributed by atoms with Crippen LogP contribution < -0.4 is 5.32 Å². The van der Waals surface area contributed by atoms with E-state index in [2.05, 4.69) is 21.2 Å². The van der Waals surface area contributed by atoms with Gasteiger partial charge in [0, 0.05) is 28.4 Å². The first-order valence-electron chi connectivity index (χ1n) is 11.5. The Kier molecular flexibility index (Phi) is 10.2. The van der Waals surface area contributed by atoms with Gasteiger partial charge in [0.15, 0.2) is 0 Å². The van der Waals surface area contributed by atoms with Gasteiger partial charge in [-0.25, -0.2) is 0 Å². The predicted molar refractivity (Wildman–Crippen MR) is 144 cm³/mol. The number of halogens is 1. The Labute approximate surface area is 215 Å². The normalized spacial score (nSPS) is 12.6. The lowest BCUT2D eigenvalue weighted by atomic mass is 10.0. The van der Waals surface area contributed by atoms with E-state index in [-0.39, 0.29) is 23.6 Å². The number of hydrogen-bond donors (Lipinski definition) is 1. The van der Waals surface area contributed by atoms with Gasteiger partial charge in [0.25, 0.3) is 0 Å². The highest BCUT2D eigenvalue weighted by Gasteiger charge is 2.31. The number of rotatable bonds is 11. The number of nitrogens with zero attached hydrogens (tertiary/aromatic N) is 1. The average molecular weight is 540 g/mol. The first kappa shape index (κ1) is 26.0. The van der Waals surface area contributed by atoms with Crippen LogP contribution in [0.4, 0.5) is 0 Å². The molecule has 0 fully saturated rings. The zero-order chi connectivity index (χ0) is 24.3. The Morgan fingerprint density at radius 2 is 1.59 bits per heavy atom. The molecule has 6 heteroatoms. The molecule has 0 unspecified atom stereocenters. The van der Waals surface area contributed by atoms with Gasteiger partial charge in [0.05, 0.1) is 5.75 Å². The summed E-state index contributed by atoms with van der Waals surface area (Å²) in [5, 5.41) is 3.11. The number of nitrogens with one attached hydrogen (secondary N) is 1. The van der Waals surface area contributed by atoms with Crippen LogP contribution in [0.5, 0.6) is 0 Å². The third kappa shape index (κ3) is 8.03. The zero-order valence-electron chi connectivity index (χ0n) is 19.6. The molecule has 0 saturated heterocycles. The number of thioether (sulfide) groups is 1. The lowest BCUT2D eigenvalue weighted by Crippen LogP contribution is -2.52. The summed E-state index contributed by atoms with van der Waals surface area (Å²) in [6.07, 6.45) is 1.28. The van der Waals surface area contributed by atoms with Crippen molar-refractivity contribution in [1.82, 2.24) is 10.2 Å². The van der Waals surface area contributed by atoms with Crippen molar-refractivity contribution < 1.29 is 9.59 Å². The van der Waals surface area contributed by atoms with Crippen LogP contribution in [0.1, 0.15) is 31.4 Å². The van der Waals surface area contributed by atoms with Crippen molar-refractivity contribution in [3.63, 3.8) is 0 Å². The van der Waals surface area contributed by atoms with Crippen molar-refractivity contribution in [2.24, 2.45) is 0 Å². The molecule has 0 aliphatic carbocycles. The number of carbonyl (C=O) groups excluding carboxylic acids is 2. The second-order valence-electron chi connectivity index (χ2n) is 8.28. The maximum atomic E-state index is 13.6. The molecule has 0 bridgehead atoms. The van der Waals surface area contributed by atoms with E-state index in [9.17, 15) is 9.59 Å². The Morgan fingerprint density at radius 1 is 0.941 bits per heavy atom. The maximum Gasteiger partial charge on any atom is 0.243 e. The third-order valence-corrected chi connectivity index (χ3v) is 7.11. The van der Waals surface area contributed by atoms with Crippen LogP contribution in [0.25, 0.3) is 0 Å². The summed E-state index contributed by atoms with van der Waals surface area (Å²) in [6.45, 7) is 4.39. The summed E-state index contributed by atoms with van der Waals surface area (Å²) >= 11 is 5.02. The lowest BCUT2D eigenvalue weighted by molar-refractivity contribution is -0.139. The summed E-state index contributed by atoms with van der Waals surface area (Å²) in [4.78, 5) is 29.9. The molecule has 0 aliphatic rings. The van der Waals surface area contributed by atoms with Crippen LogP contribution in [0.3, 0.4) is 0 Å². The Balaban J connectivity index is 1.91. The molecule has 4 nitrogen and oxygen atoms in total. The van der Waals surface area contributed by atoms with Crippen LogP contribution >= 0.6 is 27.7 Å². The third-order valence-electron chi connectivity index (χ3n) is 5.62. The molecule has 0 saturated carbocycles. The molecule has 178 valence electrons. The number of amides is 2. The summed E-state index contributed by atoms with van der Waals surface area (Å²) in [6, 6.07) is 27.1. The fraction of sp³-hybridized carbons (Fsp3) is 0.286. The van der Waals surface area contributed by atoms with Gasteiger partial charge in [-0.1, -0.05) is 83.5 Å². The van der Waals surface area contributed by atoms with Crippen LogP contribution in [0, 0.1) is 0 Å². The van der Waals surface area contributed by atoms with E-state index in [4.69, 9.17) is 0 Å². The minimum atomic E-state index is -0.612. The fourth-order valence-corrected chi connectivity index (χ4v) is 4.82. The van der Waals surface area contributed by atoms with E-state index in [1.807, 2.05) is 98.8 Å². The van der Waals surface area contributed by atoms with Crippen molar-refractivity contribution in [3.05, 3.63) is 101 Å². The van der Waals surface area contributed by atoms with Gasteiger partial charge < -0.3 is 10.2 Å². The molecular formula is C28H31BrN2O2S. The SMILES string of the molecule is CC[C@H](C)NC(=O)[C@@H](Cc1ccccc1)N(Cc1cccc(Br)c1)C(=O)CSc1ccccc1. The second kappa shape index (κ2) is 13.4. The highest BCUT2D eigenvalue weighted by Crippen LogP contribution is 2.22. The van der Waals surface area contributed by atoms with Gasteiger partial charge in [-0.15, -0.1) is 11.8 Å². The molecule has 0 aromatic heterocycles. The van der Waals surface area contributed by atoms with E-state index in [1.54, 1.807) is 4.90 Å². The summed E-state index contributed by atoms with van der Waals surface area (Å²) < 4.78 is 0.944. The Bertz CT molecular complexity index is 1060. The standard InChI is InChI=1S/C28H31BrN2O2S/c1-3-21(2)30-28(33)26(18-22-11-6-4-7-12-22)31(19-23-13-10-14-24(29)17-23)27(32)20-34-25-15-8-5-9-16-25/h4-17,21,26H,3,18-20H2,1-2H3,(H,30,33)/t21-,26+/m0/s1. The predicted octanol–water partition coefficient (Wildman–Crippen LogP) is 6.10. The minimum Gasteiger partial charge on any atom is -0.352 e. The van der Waals surface area contributed by atoms with Crippen LogP contribution in [-0.4, -0.2) is 34.6 Å². The maximum absolute atomic E-state index is 13.6. The van der Waals surface area contributed by atoms with Gasteiger partial charge >= 0.3 is 0 Å². The molecule has 2 amide bonds. The number of hydrogen-bond acceptors (Lipinski definition) is 3. The molecule has 1 N–H and O–H groups in total. The molecule has 0 spiro atoms. The quantitative estimate of drug-likeness (QED) is 0.300. The van der Waals surface area contributed by atoms with Gasteiger partial charge in [-0.3, -0.25) is 9.59 Å². The van der Waals surface area contributed by atoms with Crippen LogP contribution in [-0.2, 0) is 22.6 Å². The Morgan fingerprint density at radius 3 is 2.24 bits per heavy atom. The molecule has 0 radical (unpaired) electrons. The molecule has 0 aliphatic heterocycles. The molecule has 3 aromatic carbocycles. The summed E-state index contributed by atoms with van der Waals surface area (Å²) in [5.74, 6) is 0.0835. The van der Waals surface area contributed by atoms with Gasteiger partial charge in [0.1, 0.15) is 6.04 Å². The monoisotopic (exact) mass is 538 g/mol. The molecule has 3 rings (SSSR count). The van der Waals surface area contributed by atoms with Crippen LogP contribution in [0.15, 0.2) is 94.3 Å². The highest BCUT2D eigenvalue weighted by atomic mass is 79.9. The molecule has 34 heavy (non-hydrogen) atoms. The second-order valence-corrected chi connectivity index (χ2v) is 10.2. The van der Waals surface area contributed by atoms with Crippen molar-refractivity contribution in [2.75, 3.05) is 5.75 Å². The van der Waals surface area contributed by atoms with Crippen LogP contribution in [0.2, 0.25) is 0 Å². The number of benzene rings is 3.